The van der Waals surface area contributed by atoms with E-state index in [1.807, 2.05) is 24.3 Å². The van der Waals surface area contributed by atoms with E-state index in [4.69, 9.17) is 28.9 Å². The molecule has 1 amide bonds. The molecule has 3 N–H and O–H groups in total. The molecular weight excluding hydrogens is 514 g/mol. The Balaban J connectivity index is 1.99. The zero-order chi connectivity index (χ0) is 27.1. The first-order chi connectivity index (χ1) is 17.3. The van der Waals surface area contributed by atoms with Crippen LogP contribution in [0.3, 0.4) is 0 Å². The number of fused-ring (bicyclic) bond motifs is 1. The first-order valence-electron chi connectivity index (χ1n) is 12.0. The van der Waals surface area contributed by atoms with E-state index in [0.717, 1.165) is 11.1 Å². The Labute approximate surface area is 226 Å². The molecule has 0 spiro atoms. The van der Waals surface area contributed by atoms with E-state index in [0.29, 0.717) is 36.2 Å². The normalized spacial score (nSPS) is 15.1. The van der Waals surface area contributed by atoms with Crippen LogP contribution in [0.15, 0.2) is 54.6 Å². The quantitative estimate of drug-likeness (QED) is 0.372. The van der Waals surface area contributed by atoms with Crippen molar-refractivity contribution in [2.24, 2.45) is 5.73 Å². The van der Waals surface area contributed by atoms with E-state index in [-0.39, 0.29) is 27.4 Å². The fourth-order valence-corrected chi connectivity index (χ4v) is 5.49. The Bertz CT molecular complexity index is 1370. The first kappa shape index (κ1) is 27.0. The number of aryl methyl sites for hydroxylation is 1. The number of anilines is 1. The molecule has 1 unspecified atom stereocenters. The minimum atomic E-state index is -1.60. The molecule has 0 aliphatic carbocycles. The molecule has 1 aliphatic heterocycles. The van der Waals surface area contributed by atoms with Gasteiger partial charge >= 0.3 is 5.97 Å². The molecule has 4 rings (SSSR count). The fraction of sp³-hybridized carbons (Fsp3) is 0.310. The lowest BCUT2D eigenvalue weighted by atomic mass is 9.78. The van der Waals surface area contributed by atoms with Crippen LogP contribution in [0, 0.1) is 5.82 Å². The molecule has 1 aliphatic rings. The van der Waals surface area contributed by atoms with Gasteiger partial charge in [0.15, 0.2) is 0 Å². The van der Waals surface area contributed by atoms with Gasteiger partial charge in [-0.3, -0.25) is 4.79 Å². The van der Waals surface area contributed by atoms with Gasteiger partial charge in [0.25, 0.3) is 0 Å². The van der Waals surface area contributed by atoms with E-state index in [9.17, 15) is 19.1 Å². The summed E-state index contributed by atoms with van der Waals surface area (Å²) in [7, 11) is 0. The highest BCUT2D eigenvalue weighted by Gasteiger charge is 2.47. The molecule has 0 fully saturated rings. The molecule has 194 valence electrons. The van der Waals surface area contributed by atoms with E-state index in [1.54, 1.807) is 17.0 Å². The van der Waals surface area contributed by atoms with Gasteiger partial charge in [0.05, 0.1) is 16.3 Å². The van der Waals surface area contributed by atoms with E-state index >= 15 is 0 Å². The third-order valence-corrected chi connectivity index (χ3v) is 7.55. The lowest BCUT2D eigenvalue weighted by Crippen LogP contribution is -2.58. The summed E-state index contributed by atoms with van der Waals surface area (Å²) in [5.74, 6) is -2.60. The SMILES string of the molecule is CC(C)(C)c1ccc(CC(C(N)=O)(c2ccc(Cl)c(F)c2)N2CCCc3cc(Cl)cc(C(=O)O)c32)cc1. The summed E-state index contributed by atoms with van der Waals surface area (Å²) in [6, 6.07) is 15.1. The van der Waals surface area contributed by atoms with Crippen molar-refractivity contribution >= 4 is 40.8 Å². The van der Waals surface area contributed by atoms with Gasteiger partial charge in [-0.05, 0) is 64.8 Å². The summed E-state index contributed by atoms with van der Waals surface area (Å²) in [4.78, 5) is 27.6. The van der Waals surface area contributed by atoms with Gasteiger partial charge in [0.1, 0.15) is 11.4 Å². The maximum absolute atomic E-state index is 14.8. The molecule has 5 nitrogen and oxygen atoms in total. The number of carboxylic acid groups (broad SMARTS) is 1. The number of carbonyl (C=O) groups excluding carboxylic acids is 1. The Morgan fingerprint density at radius 3 is 2.24 bits per heavy atom. The average molecular weight is 543 g/mol. The zero-order valence-electron chi connectivity index (χ0n) is 20.9. The second kappa shape index (κ2) is 9.99. The molecule has 37 heavy (non-hydrogen) atoms. The number of aromatic carboxylic acids is 1. The number of nitrogens with two attached hydrogens (primary N) is 1. The number of hydrogen-bond acceptors (Lipinski definition) is 3. The van der Waals surface area contributed by atoms with Crippen molar-refractivity contribution in [1.82, 2.24) is 0 Å². The maximum atomic E-state index is 14.8. The molecule has 0 aromatic heterocycles. The van der Waals surface area contributed by atoms with Crippen LogP contribution >= 0.6 is 23.2 Å². The number of nitrogens with zero attached hydrogens (tertiary/aromatic N) is 1. The summed E-state index contributed by atoms with van der Waals surface area (Å²) in [6.45, 7) is 6.66. The second-order valence-corrected chi connectivity index (χ2v) is 11.3. The number of amides is 1. The number of halogens is 3. The minimum absolute atomic E-state index is 0.0367. The molecule has 1 heterocycles. The van der Waals surface area contributed by atoms with Crippen LogP contribution in [0.4, 0.5) is 10.1 Å². The van der Waals surface area contributed by atoms with Crippen molar-refractivity contribution in [3.63, 3.8) is 0 Å². The van der Waals surface area contributed by atoms with Gasteiger partial charge in [0.2, 0.25) is 5.91 Å². The Morgan fingerprint density at radius 2 is 1.68 bits per heavy atom. The van der Waals surface area contributed by atoms with Gasteiger partial charge in [-0.1, -0.05) is 74.3 Å². The molecule has 3 aromatic rings. The molecule has 0 radical (unpaired) electrons. The van der Waals surface area contributed by atoms with Crippen LogP contribution in [0.5, 0.6) is 0 Å². The van der Waals surface area contributed by atoms with Gasteiger partial charge in [-0.25, -0.2) is 9.18 Å². The topological polar surface area (TPSA) is 83.6 Å². The van der Waals surface area contributed by atoms with Crippen LogP contribution < -0.4 is 10.6 Å². The predicted molar refractivity (Wildman–Crippen MR) is 145 cm³/mol. The predicted octanol–water partition coefficient (Wildman–Crippen LogP) is 6.50. The van der Waals surface area contributed by atoms with Crippen molar-refractivity contribution in [2.45, 2.75) is 51.0 Å². The van der Waals surface area contributed by atoms with E-state index in [1.165, 1.54) is 18.2 Å². The summed E-state index contributed by atoms with van der Waals surface area (Å²) in [5, 5.41) is 10.3. The minimum Gasteiger partial charge on any atom is -0.478 e. The number of carboxylic acids is 1. The van der Waals surface area contributed by atoms with Crippen LogP contribution in [0.25, 0.3) is 0 Å². The van der Waals surface area contributed by atoms with Crippen LogP contribution in [-0.4, -0.2) is 23.5 Å². The molecule has 3 aromatic carbocycles. The molecule has 8 heteroatoms. The number of benzene rings is 3. The van der Waals surface area contributed by atoms with Crippen LogP contribution in [-0.2, 0) is 28.6 Å². The molecule has 0 saturated carbocycles. The monoisotopic (exact) mass is 542 g/mol. The van der Waals surface area contributed by atoms with Crippen LogP contribution in [0.1, 0.15) is 59.8 Å². The largest absolute Gasteiger partial charge is 0.478 e. The highest BCUT2D eigenvalue weighted by Crippen LogP contribution is 2.44. The number of carbonyl (C=O) groups is 2. The number of hydrogen-bond donors (Lipinski definition) is 2. The average Bonchev–Trinajstić information content (AvgIpc) is 2.83. The molecule has 0 saturated heterocycles. The van der Waals surface area contributed by atoms with Gasteiger partial charge in [0, 0.05) is 18.0 Å². The van der Waals surface area contributed by atoms with Crippen molar-refractivity contribution in [3.8, 4) is 0 Å². The molecule has 1 atom stereocenters. The highest BCUT2D eigenvalue weighted by molar-refractivity contribution is 6.31. The Kier molecular flexibility index (Phi) is 7.28. The van der Waals surface area contributed by atoms with Crippen LogP contribution in [0.2, 0.25) is 10.0 Å². The summed E-state index contributed by atoms with van der Waals surface area (Å²) in [6.07, 6.45) is 1.30. The summed E-state index contributed by atoms with van der Waals surface area (Å²) in [5.41, 5.74) is 7.73. The Morgan fingerprint density at radius 1 is 1.03 bits per heavy atom. The van der Waals surface area contributed by atoms with Gasteiger partial charge in [-0.15, -0.1) is 0 Å². The highest BCUT2D eigenvalue weighted by atomic mass is 35.5. The van der Waals surface area contributed by atoms with E-state index < -0.39 is 23.2 Å². The lowest BCUT2D eigenvalue weighted by Gasteiger charge is -2.47. The van der Waals surface area contributed by atoms with Gasteiger partial charge in [-0.2, -0.15) is 0 Å². The second-order valence-electron chi connectivity index (χ2n) is 10.5. The zero-order valence-corrected chi connectivity index (χ0v) is 22.5. The Hall–Kier alpha value is -3.09. The maximum Gasteiger partial charge on any atom is 0.337 e. The summed E-state index contributed by atoms with van der Waals surface area (Å²) >= 11 is 12.2. The first-order valence-corrected chi connectivity index (χ1v) is 12.8. The standard InChI is InChI=1S/C29H29Cl2FN2O3/c1-28(2,3)19-8-6-17(7-9-19)16-29(27(33)37,20-10-11-23(31)24(32)14-20)34-12-4-5-18-13-21(30)15-22(25(18)34)26(35)36/h6-11,13-15H,4-5,12,16H2,1-3H3,(H2,33,37)(H,35,36). The third-order valence-electron chi connectivity index (χ3n) is 7.03. The summed E-state index contributed by atoms with van der Waals surface area (Å²) < 4.78 is 14.8. The van der Waals surface area contributed by atoms with Crippen molar-refractivity contribution in [1.29, 1.82) is 0 Å². The lowest BCUT2D eigenvalue weighted by molar-refractivity contribution is -0.123. The third kappa shape index (κ3) is 5.05. The van der Waals surface area contributed by atoms with Crippen molar-refractivity contribution in [2.75, 3.05) is 11.4 Å². The van der Waals surface area contributed by atoms with E-state index in [2.05, 4.69) is 20.8 Å². The van der Waals surface area contributed by atoms with Gasteiger partial charge < -0.3 is 15.7 Å². The molecular formula is C29H29Cl2FN2O3. The van der Waals surface area contributed by atoms with Crippen molar-refractivity contribution < 1.29 is 19.1 Å². The number of rotatable bonds is 6. The number of primary amides is 1. The fourth-order valence-electron chi connectivity index (χ4n) is 5.14. The van der Waals surface area contributed by atoms with Crippen molar-refractivity contribution in [3.05, 3.63) is 98.3 Å². The smallest absolute Gasteiger partial charge is 0.337 e. The molecule has 0 bridgehead atoms.